The minimum atomic E-state index is -0.694. The van der Waals surface area contributed by atoms with Gasteiger partial charge in [0.1, 0.15) is 0 Å². The molecule has 0 aromatic carbocycles. The lowest BCUT2D eigenvalue weighted by Gasteiger charge is -1.98. The number of aromatic nitrogens is 1. The van der Waals surface area contributed by atoms with Crippen LogP contribution in [0.2, 0.25) is 0 Å². The quantitative estimate of drug-likeness (QED) is 0.518. The highest BCUT2D eigenvalue weighted by atomic mass is 16.5. The van der Waals surface area contributed by atoms with Crippen molar-refractivity contribution in [3.8, 4) is 17.5 Å². The lowest BCUT2D eigenvalue weighted by atomic mass is 10.5. The number of carbonyl (C=O) groups excluding carboxylic acids is 1. The highest BCUT2D eigenvalue weighted by molar-refractivity contribution is 5.83. The molecular formula is C8H9NO4. The summed E-state index contributed by atoms with van der Waals surface area (Å²) in [5, 5.41) is 18.3. The van der Waals surface area contributed by atoms with Crippen LogP contribution in [-0.4, -0.2) is 20.7 Å². The molecule has 0 fully saturated rings. The third-order valence-electron chi connectivity index (χ3n) is 1.52. The van der Waals surface area contributed by atoms with Crippen molar-refractivity contribution < 1.29 is 19.7 Å². The van der Waals surface area contributed by atoms with Crippen LogP contribution >= 0.6 is 0 Å². The molecule has 1 heterocycles. The molecule has 0 aliphatic rings. The molecule has 0 amide bonds. The molecule has 2 N–H and O–H groups in total. The number of carbonyl (C=O) groups is 1. The first-order valence-electron chi connectivity index (χ1n) is 3.48. The molecular weight excluding hydrogens is 174 g/mol. The standard InChI is InChI=1S/C8H9NO4/c1-3-7(11)13-5-4-6(10)9(2)8(5)12/h3-4,10,12H,1H2,2H3. The number of aromatic hydroxyl groups is 2. The van der Waals surface area contributed by atoms with Crippen LogP contribution in [0.5, 0.6) is 17.5 Å². The van der Waals surface area contributed by atoms with Gasteiger partial charge in [0.2, 0.25) is 5.88 Å². The first-order valence-corrected chi connectivity index (χ1v) is 3.48. The molecule has 13 heavy (non-hydrogen) atoms. The van der Waals surface area contributed by atoms with Crippen LogP contribution in [-0.2, 0) is 11.8 Å². The van der Waals surface area contributed by atoms with Crippen molar-refractivity contribution in [1.29, 1.82) is 0 Å². The third kappa shape index (κ3) is 1.64. The van der Waals surface area contributed by atoms with E-state index in [1.54, 1.807) is 0 Å². The minimum Gasteiger partial charge on any atom is -0.494 e. The van der Waals surface area contributed by atoms with Crippen molar-refractivity contribution in [2.75, 3.05) is 0 Å². The van der Waals surface area contributed by atoms with Crippen molar-refractivity contribution in [2.24, 2.45) is 7.05 Å². The molecule has 0 radical (unpaired) electrons. The van der Waals surface area contributed by atoms with Crippen molar-refractivity contribution in [3.63, 3.8) is 0 Å². The molecule has 0 bridgehead atoms. The smallest absolute Gasteiger partial charge is 0.335 e. The molecule has 5 nitrogen and oxygen atoms in total. The van der Waals surface area contributed by atoms with Crippen LogP contribution in [0, 0.1) is 0 Å². The van der Waals surface area contributed by atoms with Gasteiger partial charge in [-0.05, 0) is 0 Å². The second-order valence-electron chi connectivity index (χ2n) is 2.37. The topological polar surface area (TPSA) is 71.7 Å². The summed E-state index contributed by atoms with van der Waals surface area (Å²) in [7, 11) is 1.43. The summed E-state index contributed by atoms with van der Waals surface area (Å²) in [5.41, 5.74) is 0. The molecule has 0 aliphatic carbocycles. The average Bonchev–Trinajstić information content (AvgIpc) is 2.34. The van der Waals surface area contributed by atoms with Crippen LogP contribution < -0.4 is 4.74 Å². The Morgan fingerprint density at radius 1 is 1.69 bits per heavy atom. The summed E-state index contributed by atoms with van der Waals surface area (Å²) < 4.78 is 5.68. The van der Waals surface area contributed by atoms with Gasteiger partial charge in [0.15, 0.2) is 11.6 Å². The predicted molar refractivity (Wildman–Crippen MR) is 44.6 cm³/mol. The molecule has 5 heteroatoms. The summed E-state index contributed by atoms with van der Waals surface area (Å²) in [6.45, 7) is 3.19. The van der Waals surface area contributed by atoms with Gasteiger partial charge in [-0.2, -0.15) is 0 Å². The van der Waals surface area contributed by atoms with Gasteiger partial charge < -0.3 is 14.9 Å². The maximum absolute atomic E-state index is 10.7. The third-order valence-corrected chi connectivity index (χ3v) is 1.52. The number of hydrogen-bond donors (Lipinski definition) is 2. The van der Waals surface area contributed by atoms with E-state index in [0.717, 1.165) is 16.7 Å². The van der Waals surface area contributed by atoms with Gasteiger partial charge in [-0.1, -0.05) is 6.58 Å². The fourth-order valence-electron chi connectivity index (χ4n) is 0.778. The van der Waals surface area contributed by atoms with E-state index >= 15 is 0 Å². The van der Waals surface area contributed by atoms with E-state index in [0.29, 0.717) is 0 Å². The largest absolute Gasteiger partial charge is 0.494 e. The second kappa shape index (κ2) is 3.22. The summed E-state index contributed by atoms with van der Waals surface area (Å²) in [4.78, 5) is 10.7. The predicted octanol–water partition coefficient (Wildman–Crippen LogP) is 0.528. The fraction of sp³-hybridized carbons (Fsp3) is 0.125. The Morgan fingerprint density at radius 3 is 2.69 bits per heavy atom. The zero-order valence-corrected chi connectivity index (χ0v) is 7.02. The average molecular weight is 183 g/mol. The maximum atomic E-state index is 10.7. The monoisotopic (exact) mass is 183 g/mol. The molecule has 1 rings (SSSR count). The van der Waals surface area contributed by atoms with E-state index in [9.17, 15) is 9.90 Å². The van der Waals surface area contributed by atoms with Gasteiger partial charge in [0, 0.05) is 19.2 Å². The van der Waals surface area contributed by atoms with E-state index in [2.05, 4.69) is 11.3 Å². The number of esters is 1. The van der Waals surface area contributed by atoms with E-state index in [1.807, 2.05) is 0 Å². The van der Waals surface area contributed by atoms with Crippen molar-refractivity contribution in [1.82, 2.24) is 4.57 Å². The molecule has 0 aliphatic heterocycles. The van der Waals surface area contributed by atoms with Crippen LogP contribution in [0.1, 0.15) is 0 Å². The van der Waals surface area contributed by atoms with Gasteiger partial charge in [-0.25, -0.2) is 4.79 Å². The number of rotatable bonds is 2. The van der Waals surface area contributed by atoms with Crippen molar-refractivity contribution in [3.05, 3.63) is 18.7 Å². The minimum absolute atomic E-state index is 0.0927. The van der Waals surface area contributed by atoms with Crippen molar-refractivity contribution >= 4 is 5.97 Å². The number of hydrogen-bond acceptors (Lipinski definition) is 4. The lowest BCUT2D eigenvalue weighted by molar-refractivity contribution is -0.129. The number of ether oxygens (including phenoxy) is 1. The SMILES string of the molecule is C=CC(=O)Oc1cc(O)n(C)c1O. The molecule has 70 valence electrons. The summed E-state index contributed by atoms with van der Waals surface area (Å²) in [6.07, 6.45) is 0.962. The summed E-state index contributed by atoms with van der Waals surface area (Å²) in [6, 6.07) is 1.14. The highest BCUT2D eigenvalue weighted by Gasteiger charge is 2.13. The molecule has 0 atom stereocenters. The first-order chi connectivity index (χ1) is 6.06. The Bertz CT molecular complexity index is 353. The maximum Gasteiger partial charge on any atom is 0.335 e. The normalized spacial score (nSPS) is 9.62. The van der Waals surface area contributed by atoms with Crippen LogP contribution in [0.3, 0.4) is 0 Å². The van der Waals surface area contributed by atoms with Gasteiger partial charge in [0.05, 0.1) is 0 Å². The number of nitrogens with zero attached hydrogens (tertiary/aromatic N) is 1. The highest BCUT2D eigenvalue weighted by Crippen LogP contribution is 2.32. The molecule has 1 aromatic heterocycles. The zero-order valence-electron chi connectivity index (χ0n) is 7.02. The Labute approximate surface area is 74.5 Å². The first kappa shape index (κ1) is 9.18. The van der Waals surface area contributed by atoms with E-state index in [4.69, 9.17) is 5.11 Å². The lowest BCUT2D eigenvalue weighted by Crippen LogP contribution is -2.02. The van der Waals surface area contributed by atoms with Gasteiger partial charge in [-0.3, -0.25) is 4.57 Å². The summed E-state index contributed by atoms with van der Waals surface area (Å²) >= 11 is 0. The molecule has 0 unspecified atom stereocenters. The van der Waals surface area contributed by atoms with Gasteiger partial charge >= 0.3 is 5.97 Å². The van der Waals surface area contributed by atoms with Gasteiger partial charge in [0.25, 0.3) is 0 Å². The second-order valence-corrected chi connectivity index (χ2v) is 2.37. The van der Waals surface area contributed by atoms with E-state index in [1.165, 1.54) is 7.05 Å². The van der Waals surface area contributed by atoms with Crippen LogP contribution in [0.4, 0.5) is 0 Å². The van der Waals surface area contributed by atoms with Crippen LogP contribution in [0.15, 0.2) is 18.7 Å². The van der Waals surface area contributed by atoms with Crippen molar-refractivity contribution in [2.45, 2.75) is 0 Å². The fourth-order valence-corrected chi connectivity index (χ4v) is 0.778. The molecule has 0 spiro atoms. The molecule has 0 saturated heterocycles. The zero-order chi connectivity index (χ0) is 10.0. The summed E-state index contributed by atoms with van der Waals surface area (Å²) in [5.74, 6) is -1.29. The van der Waals surface area contributed by atoms with E-state index in [-0.39, 0.29) is 17.5 Å². The Balaban J connectivity index is 2.96. The van der Waals surface area contributed by atoms with E-state index < -0.39 is 5.97 Å². The Morgan fingerprint density at radius 2 is 2.31 bits per heavy atom. The molecule has 1 aromatic rings. The van der Waals surface area contributed by atoms with Crippen LogP contribution in [0.25, 0.3) is 0 Å². The Kier molecular flexibility index (Phi) is 2.27. The van der Waals surface area contributed by atoms with Gasteiger partial charge in [-0.15, -0.1) is 0 Å². The Hall–Kier alpha value is -1.91. The molecule has 0 saturated carbocycles.